The van der Waals surface area contributed by atoms with Crippen LogP contribution in [0.15, 0.2) is 0 Å². The molecule has 0 heterocycles. The first-order valence-corrected chi connectivity index (χ1v) is 7.54. The van der Waals surface area contributed by atoms with E-state index in [-0.39, 0.29) is 11.1 Å². The highest BCUT2D eigenvalue weighted by Gasteiger charge is 2.33. The molecule has 0 fully saturated rings. The summed E-state index contributed by atoms with van der Waals surface area (Å²) in [6, 6.07) is 0.332. The van der Waals surface area contributed by atoms with Gasteiger partial charge in [-0.25, -0.2) is 0 Å². The fourth-order valence-corrected chi connectivity index (χ4v) is 2.03. The second-order valence-corrected chi connectivity index (χ2v) is 6.64. The van der Waals surface area contributed by atoms with Gasteiger partial charge in [-0.2, -0.15) is 0 Å². The number of nitrogens with two attached hydrogens (primary N) is 3. The van der Waals surface area contributed by atoms with Crippen LogP contribution in [-0.2, 0) is 0 Å². The Labute approximate surface area is 114 Å². The van der Waals surface area contributed by atoms with Gasteiger partial charge in [-0.05, 0) is 40.0 Å². The van der Waals surface area contributed by atoms with Crippen molar-refractivity contribution in [2.45, 2.75) is 96.2 Å². The molecule has 0 aliphatic heterocycles. The van der Waals surface area contributed by atoms with Gasteiger partial charge in [0.25, 0.3) is 0 Å². The highest BCUT2D eigenvalue weighted by Crippen LogP contribution is 2.23. The summed E-state index contributed by atoms with van der Waals surface area (Å²) in [5.41, 5.74) is 17.8. The molecule has 2 unspecified atom stereocenters. The second-order valence-electron chi connectivity index (χ2n) is 6.64. The van der Waals surface area contributed by atoms with E-state index in [0.29, 0.717) is 6.04 Å². The van der Waals surface area contributed by atoms with Crippen molar-refractivity contribution >= 4 is 0 Å². The van der Waals surface area contributed by atoms with Crippen molar-refractivity contribution in [2.75, 3.05) is 0 Å². The minimum Gasteiger partial charge on any atom is -0.328 e. The van der Waals surface area contributed by atoms with E-state index in [0.717, 1.165) is 25.7 Å². The van der Waals surface area contributed by atoms with Crippen molar-refractivity contribution in [3.63, 3.8) is 0 Å². The molecule has 0 saturated heterocycles. The van der Waals surface area contributed by atoms with E-state index in [1.54, 1.807) is 0 Å². The Balaban J connectivity index is 3.71. The van der Waals surface area contributed by atoms with E-state index in [2.05, 4.69) is 6.92 Å². The molecule has 0 aliphatic carbocycles. The first-order chi connectivity index (χ1) is 8.20. The lowest BCUT2D eigenvalue weighted by Gasteiger charge is -2.38. The summed E-state index contributed by atoms with van der Waals surface area (Å²) in [4.78, 5) is 0. The average molecular weight is 257 g/mol. The summed E-state index contributed by atoms with van der Waals surface area (Å²) in [6.45, 7) is 8.27. The van der Waals surface area contributed by atoms with E-state index < -0.39 is 0 Å². The average Bonchev–Trinajstić information content (AvgIpc) is 2.22. The van der Waals surface area contributed by atoms with Gasteiger partial charge in [0.1, 0.15) is 0 Å². The first kappa shape index (κ1) is 17.9. The predicted molar refractivity (Wildman–Crippen MR) is 81.4 cm³/mol. The molecule has 3 nitrogen and oxygen atoms in total. The van der Waals surface area contributed by atoms with Crippen LogP contribution < -0.4 is 17.2 Å². The normalized spacial score (nSPS) is 17.5. The minimum atomic E-state index is -0.335. The Morgan fingerprint density at radius 3 is 1.94 bits per heavy atom. The smallest absolute Gasteiger partial charge is 0.0302 e. The fourth-order valence-electron chi connectivity index (χ4n) is 2.03. The summed E-state index contributed by atoms with van der Waals surface area (Å²) in [6.07, 6.45) is 9.41. The van der Waals surface area contributed by atoms with Crippen LogP contribution in [-0.4, -0.2) is 17.1 Å². The van der Waals surface area contributed by atoms with Gasteiger partial charge in [-0.3, -0.25) is 0 Å². The summed E-state index contributed by atoms with van der Waals surface area (Å²) >= 11 is 0. The number of hydrogen-bond acceptors (Lipinski definition) is 3. The molecule has 0 rings (SSSR count). The van der Waals surface area contributed by atoms with E-state index in [1.165, 1.54) is 25.7 Å². The Morgan fingerprint density at radius 2 is 1.44 bits per heavy atom. The lowest BCUT2D eigenvalue weighted by molar-refractivity contribution is 0.255. The zero-order valence-electron chi connectivity index (χ0n) is 13.0. The van der Waals surface area contributed by atoms with Crippen LogP contribution in [0.3, 0.4) is 0 Å². The molecule has 18 heavy (non-hydrogen) atoms. The number of unbranched alkanes of at least 4 members (excludes halogenated alkanes) is 3. The van der Waals surface area contributed by atoms with Crippen molar-refractivity contribution < 1.29 is 0 Å². The zero-order chi connectivity index (χ0) is 14.2. The van der Waals surface area contributed by atoms with Gasteiger partial charge in [-0.15, -0.1) is 0 Å². The molecule has 0 amide bonds. The van der Waals surface area contributed by atoms with Crippen molar-refractivity contribution in [2.24, 2.45) is 17.2 Å². The molecule has 6 N–H and O–H groups in total. The molecule has 0 aromatic carbocycles. The number of hydrogen-bond donors (Lipinski definition) is 3. The molecule has 0 bridgehead atoms. The Bertz CT molecular complexity index is 206. The molecule has 3 heteroatoms. The van der Waals surface area contributed by atoms with Gasteiger partial charge >= 0.3 is 0 Å². The molecule has 0 aromatic heterocycles. The van der Waals surface area contributed by atoms with E-state index >= 15 is 0 Å². The van der Waals surface area contributed by atoms with Crippen LogP contribution >= 0.6 is 0 Å². The molecule has 0 radical (unpaired) electrons. The topological polar surface area (TPSA) is 78.1 Å². The van der Waals surface area contributed by atoms with Crippen LogP contribution in [0, 0.1) is 0 Å². The summed E-state index contributed by atoms with van der Waals surface area (Å²) in [5.74, 6) is 0. The maximum atomic E-state index is 6.25. The zero-order valence-corrected chi connectivity index (χ0v) is 13.0. The molecule has 110 valence electrons. The van der Waals surface area contributed by atoms with E-state index in [9.17, 15) is 0 Å². The molecule has 0 saturated carbocycles. The third-order valence-corrected chi connectivity index (χ3v) is 4.17. The third-order valence-electron chi connectivity index (χ3n) is 4.17. The van der Waals surface area contributed by atoms with Gasteiger partial charge < -0.3 is 17.2 Å². The summed E-state index contributed by atoms with van der Waals surface area (Å²) in [7, 11) is 0. The maximum absolute atomic E-state index is 6.25. The lowest BCUT2D eigenvalue weighted by atomic mass is 9.78. The molecule has 0 spiro atoms. The first-order valence-electron chi connectivity index (χ1n) is 7.54. The predicted octanol–water partition coefficient (Wildman–Crippen LogP) is 2.91. The Kier molecular flexibility index (Phi) is 8.08. The highest BCUT2D eigenvalue weighted by atomic mass is 14.9. The summed E-state index contributed by atoms with van der Waals surface area (Å²) in [5, 5.41) is 0. The molecule has 0 aliphatic rings. The van der Waals surface area contributed by atoms with E-state index in [4.69, 9.17) is 17.2 Å². The van der Waals surface area contributed by atoms with Crippen LogP contribution in [0.2, 0.25) is 0 Å². The third kappa shape index (κ3) is 7.34. The molecule has 0 aromatic rings. The van der Waals surface area contributed by atoms with E-state index in [1.807, 2.05) is 20.8 Å². The SMILES string of the molecule is CCCCCCC(N)CCCC(C)(N)C(C)(C)N. The highest BCUT2D eigenvalue weighted by molar-refractivity contribution is 4.97. The quantitative estimate of drug-likeness (QED) is 0.527. The van der Waals surface area contributed by atoms with Gasteiger partial charge in [0, 0.05) is 17.1 Å². The van der Waals surface area contributed by atoms with Crippen molar-refractivity contribution in [3.05, 3.63) is 0 Å². The second kappa shape index (κ2) is 8.13. The van der Waals surface area contributed by atoms with Gasteiger partial charge in [0.15, 0.2) is 0 Å². The van der Waals surface area contributed by atoms with Crippen molar-refractivity contribution in [1.82, 2.24) is 0 Å². The van der Waals surface area contributed by atoms with Gasteiger partial charge in [0.05, 0.1) is 0 Å². The van der Waals surface area contributed by atoms with Crippen molar-refractivity contribution in [3.8, 4) is 0 Å². The molecular weight excluding hydrogens is 222 g/mol. The standard InChI is InChI=1S/C15H35N3/c1-5-6-7-8-10-13(16)11-9-12-15(4,18)14(2,3)17/h13H,5-12,16-18H2,1-4H3. The lowest BCUT2D eigenvalue weighted by Crippen LogP contribution is -2.60. The summed E-state index contributed by atoms with van der Waals surface area (Å²) < 4.78 is 0. The monoisotopic (exact) mass is 257 g/mol. The Morgan fingerprint density at radius 1 is 0.889 bits per heavy atom. The van der Waals surface area contributed by atoms with Gasteiger partial charge in [-0.1, -0.05) is 39.0 Å². The van der Waals surface area contributed by atoms with Crippen molar-refractivity contribution in [1.29, 1.82) is 0 Å². The van der Waals surface area contributed by atoms with Gasteiger partial charge in [0.2, 0.25) is 0 Å². The molecular formula is C15H35N3. The number of rotatable bonds is 10. The molecule has 2 atom stereocenters. The van der Waals surface area contributed by atoms with Crippen LogP contribution in [0.25, 0.3) is 0 Å². The fraction of sp³-hybridized carbons (Fsp3) is 1.00. The van der Waals surface area contributed by atoms with Crippen LogP contribution in [0.1, 0.15) is 79.1 Å². The van der Waals surface area contributed by atoms with Crippen LogP contribution in [0.4, 0.5) is 0 Å². The maximum Gasteiger partial charge on any atom is 0.0302 e. The largest absolute Gasteiger partial charge is 0.328 e. The Hall–Kier alpha value is -0.120. The van der Waals surface area contributed by atoms with Crippen LogP contribution in [0.5, 0.6) is 0 Å². The minimum absolute atomic E-state index is 0.311.